The summed E-state index contributed by atoms with van der Waals surface area (Å²) in [6.45, 7) is 17.7. The second-order valence-electron chi connectivity index (χ2n) is 12.1. The highest BCUT2D eigenvalue weighted by Crippen LogP contribution is 2.33. The number of alkyl halides is 1. The number of benzene rings is 2. The standard InChI is InChI=1S/C32H49BrO8/c1-29(2,33)25-13-15-26(16-14-25)30(3,4)39-37-23-11-12-24-38-41-32(7,8)28-19-17-27(18-20-28)31(5,6)40-36-22-10-9-21-35-34/h13-20,34H,9-12,21-24H2,1-8H3. The minimum atomic E-state index is -0.627. The van der Waals surface area contributed by atoms with Crippen molar-refractivity contribution in [1.29, 1.82) is 0 Å². The van der Waals surface area contributed by atoms with Gasteiger partial charge in [0.1, 0.15) is 16.8 Å². The van der Waals surface area contributed by atoms with Gasteiger partial charge in [0.25, 0.3) is 0 Å². The Bertz CT molecular complexity index is 998. The summed E-state index contributed by atoms with van der Waals surface area (Å²) in [5.74, 6) is 0. The molecule has 2 aromatic carbocycles. The Labute approximate surface area is 254 Å². The molecule has 8 nitrogen and oxygen atoms in total. The zero-order valence-corrected chi connectivity index (χ0v) is 27.5. The highest BCUT2D eigenvalue weighted by atomic mass is 79.9. The first-order chi connectivity index (χ1) is 19.2. The SMILES string of the molecule is CC(C)(Br)c1ccc(C(C)(C)OOCCCCOOC(C)(C)c2ccc(C(C)(C)OOCCCCOO)cc2)cc1. The Morgan fingerprint density at radius 3 is 1.02 bits per heavy atom. The molecule has 2 rings (SSSR count). The van der Waals surface area contributed by atoms with E-state index < -0.39 is 16.8 Å². The van der Waals surface area contributed by atoms with Crippen molar-refractivity contribution < 1.29 is 39.5 Å². The van der Waals surface area contributed by atoms with Crippen LogP contribution in [0.25, 0.3) is 0 Å². The molecule has 0 radical (unpaired) electrons. The van der Waals surface area contributed by atoms with Crippen molar-refractivity contribution in [2.75, 3.05) is 26.4 Å². The summed E-state index contributed by atoms with van der Waals surface area (Å²) in [7, 11) is 0. The second-order valence-corrected chi connectivity index (χ2v) is 14.1. The number of halogens is 1. The molecule has 0 aliphatic carbocycles. The molecule has 9 heteroatoms. The van der Waals surface area contributed by atoms with E-state index in [1.54, 1.807) is 0 Å². The minimum absolute atomic E-state index is 0.0696. The minimum Gasteiger partial charge on any atom is -0.252 e. The van der Waals surface area contributed by atoms with Crippen molar-refractivity contribution in [3.05, 3.63) is 70.8 Å². The van der Waals surface area contributed by atoms with Crippen LogP contribution in [0, 0.1) is 0 Å². The average Bonchev–Trinajstić information content (AvgIpc) is 2.91. The van der Waals surface area contributed by atoms with Crippen molar-refractivity contribution >= 4 is 15.9 Å². The zero-order valence-electron chi connectivity index (χ0n) is 26.0. The van der Waals surface area contributed by atoms with E-state index in [2.05, 4.69) is 58.9 Å². The Morgan fingerprint density at radius 2 is 0.756 bits per heavy atom. The Balaban J connectivity index is 1.67. The topological polar surface area (TPSA) is 84.8 Å². The molecule has 232 valence electrons. The van der Waals surface area contributed by atoms with E-state index in [0.717, 1.165) is 36.0 Å². The van der Waals surface area contributed by atoms with E-state index in [0.29, 0.717) is 26.2 Å². The summed E-state index contributed by atoms with van der Waals surface area (Å²) >= 11 is 3.69. The van der Waals surface area contributed by atoms with Crippen LogP contribution in [0.2, 0.25) is 0 Å². The molecule has 41 heavy (non-hydrogen) atoms. The van der Waals surface area contributed by atoms with Crippen LogP contribution in [0.3, 0.4) is 0 Å². The summed E-state index contributed by atoms with van der Waals surface area (Å²) in [6, 6.07) is 16.4. The molecule has 0 saturated carbocycles. The van der Waals surface area contributed by atoms with Gasteiger partial charge in [-0.3, -0.25) is 5.26 Å². The maximum absolute atomic E-state index is 8.36. The molecule has 1 N–H and O–H groups in total. The van der Waals surface area contributed by atoms with Crippen LogP contribution in [0.4, 0.5) is 0 Å². The molecule has 0 bridgehead atoms. The van der Waals surface area contributed by atoms with Gasteiger partial charge in [-0.1, -0.05) is 64.5 Å². The zero-order chi connectivity index (χ0) is 30.6. The first-order valence-corrected chi connectivity index (χ1v) is 15.1. The molecule has 0 unspecified atom stereocenters. The number of rotatable bonds is 20. The number of hydrogen-bond acceptors (Lipinski definition) is 8. The van der Waals surface area contributed by atoms with Crippen LogP contribution in [-0.2, 0) is 55.3 Å². The molecule has 0 fully saturated rings. The van der Waals surface area contributed by atoms with Gasteiger partial charge in [-0.2, -0.15) is 0 Å². The fourth-order valence-electron chi connectivity index (χ4n) is 3.90. The Kier molecular flexibility index (Phi) is 14.4. The van der Waals surface area contributed by atoms with E-state index >= 15 is 0 Å². The fraction of sp³-hybridized carbons (Fsp3) is 0.625. The summed E-state index contributed by atoms with van der Waals surface area (Å²) in [5, 5.41) is 8.36. The van der Waals surface area contributed by atoms with E-state index in [4.69, 9.17) is 34.6 Å². The molecule has 0 heterocycles. The highest BCUT2D eigenvalue weighted by molar-refractivity contribution is 9.09. The fourth-order valence-corrected chi connectivity index (χ4v) is 4.17. The van der Waals surface area contributed by atoms with Gasteiger partial charge in [-0.15, -0.1) is 0 Å². The maximum Gasteiger partial charge on any atom is 0.123 e. The van der Waals surface area contributed by atoms with Gasteiger partial charge in [0, 0.05) is 4.32 Å². The molecule has 2 aromatic rings. The van der Waals surface area contributed by atoms with Gasteiger partial charge in [0.15, 0.2) is 0 Å². The van der Waals surface area contributed by atoms with E-state index in [-0.39, 0.29) is 10.9 Å². The lowest BCUT2D eigenvalue weighted by Crippen LogP contribution is -2.24. The third kappa shape index (κ3) is 12.4. The Hall–Kier alpha value is -1.40. The summed E-state index contributed by atoms with van der Waals surface area (Å²) in [6.07, 6.45) is 2.97. The van der Waals surface area contributed by atoms with Crippen molar-refractivity contribution in [3.63, 3.8) is 0 Å². The van der Waals surface area contributed by atoms with Crippen molar-refractivity contribution in [1.82, 2.24) is 0 Å². The Morgan fingerprint density at radius 1 is 0.488 bits per heavy atom. The lowest BCUT2D eigenvalue weighted by Gasteiger charge is -2.27. The van der Waals surface area contributed by atoms with Crippen LogP contribution in [0.5, 0.6) is 0 Å². The highest BCUT2D eigenvalue weighted by Gasteiger charge is 2.27. The molecule has 0 aromatic heterocycles. The monoisotopic (exact) mass is 640 g/mol. The van der Waals surface area contributed by atoms with Gasteiger partial charge in [0.2, 0.25) is 0 Å². The third-order valence-corrected chi connectivity index (χ3v) is 7.22. The van der Waals surface area contributed by atoms with Crippen molar-refractivity contribution in [2.24, 2.45) is 0 Å². The van der Waals surface area contributed by atoms with Crippen molar-refractivity contribution in [2.45, 2.75) is 102 Å². The lowest BCUT2D eigenvalue weighted by atomic mass is 9.92. The lowest BCUT2D eigenvalue weighted by molar-refractivity contribution is -0.365. The first-order valence-electron chi connectivity index (χ1n) is 14.3. The normalized spacial score (nSPS) is 13.1. The summed E-state index contributed by atoms with van der Waals surface area (Å²) < 4.78 is -0.0696. The molecule has 0 spiro atoms. The van der Waals surface area contributed by atoms with E-state index in [1.807, 2.05) is 65.8 Å². The smallest absolute Gasteiger partial charge is 0.123 e. The van der Waals surface area contributed by atoms with Gasteiger partial charge >= 0.3 is 0 Å². The maximum atomic E-state index is 8.36. The van der Waals surface area contributed by atoms with Crippen LogP contribution >= 0.6 is 15.9 Å². The molecule has 0 saturated heterocycles. The first kappa shape index (κ1) is 35.8. The summed E-state index contributed by atoms with van der Waals surface area (Å²) in [5.41, 5.74) is 2.41. The van der Waals surface area contributed by atoms with Crippen LogP contribution in [-0.4, -0.2) is 31.7 Å². The predicted octanol–water partition coefficient (Wildman–Crippen LogP) is 8.62. The summed E-state index contributed by atoms with van der Waals surface area (Å²) in [4.78, 5) is 37.5. The van der Waals surface area contributed by atoms with Gasteiger partial charge in [-0.05, 0) is 103 Å². The van der Waals surface area contributed by atoms with Crippen LogP contribution in [0.15, 0.2) is 48.5 Å². The largest absolute Gasteiger partial charge is 0.252 e. The quantitative estimate of drug-likeness (QED) is 0.0666. The third-order valence-electron chi connectivity index (χ3n) is 6.76. The van der Waals surface area contributed by atoms with Crippen molar-refractivity contribution in [3.8, 4) is 0 Å². The van der Waals surface area contributed by atoms with E-state index in [1.165, 1.54) is 5.56 Å². The number of hydrogen-bond donors (Lipinski definition) is 1. The van der Waals surface area contributed by atoms with Crippen LogP contribution < -0.4 is 0 Å². The number of unbranched alkanes of at least 4 members (excludes halogenated alkanes) is 2. The molecule has 0 aliphatic rings. The average molecular weight is 642 g/mol. The molecule has 0 aliphatic heterocycles. The molecular formula is C32H49BrO8. The predicted molar refractivity (Wildman–Crippen MR) is 162 cm³/mol. The van der Waals surface area contributed by atoms with Gasteiger partial charge in [0.05, 0.1) is 26.4 Å². The molecule has 0 atom stereocenters. The van der Waals surface area contributed by atoms with Gasteiger partial charge < -0.3 is 0 Å². The second kappa shape index (κ2) is 16.4. The molecule has 0 amide bonds. The van der Waals surface area contributed by atoms with Gasteiger partial charge in [-0.25, -0.2) is 34.2 Å². The molecular weight excluding hydrogens is 592 g/mol. The van der Waals surface area contributed by atoms with E-state index in [9.17, 15) is 0 Å². The van der Waals surface area contributed by atoms with Crippen LogP contribution in [0.1, 0.15) is 103 Å².